The average molecular weight is 293 g/mol. The lowest BCUT2D eigenvalue weighted by atomic mass is 10.2. The third-order valence-electron chi connectivity index (χ3n) is 2.75. The average Bonchev–Trinajstić information content (AvgIpc) is 2.38. The number of pyridine rings is 1. The van der Waals surface area contributed by atoms with Crippen LogP contribution in [0.3, 0.4) is 0 Å². The van der Waals surface area contributed by atoms with Crippen LogP contribution in [0.15, 0.2) is 41.6 Å². The Labute approximate surface area is 117 Å². The summed E-state index contributed by atoms with van der Waals surface area (Å²) in [4.78, 5) is 3.73. The highest BCUT2D eigenvalue weighted by molar-refractivity contribution is 7.92. The largest absolute Gasteiger partial charge is 0.496 e. The van der Waals surface area contributed by atoms with Crippen LogP contribution in [0.5, 0.6) is 5.75 Å². The number of hydrogen-bond donors (Lipinski definition) is 2. The molecule has 0 bridgehead atoms. The Balaban J connectivity index is 2.34. The minimum Gasteiger partial charge on any atom is -0.496 e. The van der Waals surface area contributed by atoms with Crippen LogP contribution in [0.25, 0.3) is 0 Å². The molecule has 0 radical (unpaired) electrons. The van der Waals surface area contributed by atoms with Gasteiger partial charge < -0.3 is 10.5 Å². The molecule has 2 aromatic rings. The van der Waals surface area contributed by atoms with Gasteiger partial charge in [0.1, 0.15) is 10.6 Å². The number of aromatic nitrogens is 1. The zero-order chi connectivity index (χ0) is 14.8. The van der Waals surface area contributed by atoms with Crippen LogP contribution in [0.4, 0.5) is 11.4 Å². The van der Waals surface area contributed by atoms with Crippen molar-refractivity contribution in [3.63, 3.8) is 0 Å². The van der Waals surface area contributed by atoms with Crippen molar-refractivity contribution in [2.75, 3.05) is 17.6 Å². The van der Waals surface area contributed by atoms with E-state index in [1.165, 1.54) is 18.5 Å². The zero-order valence-corrected chi connectivity index (χ0v) is 11.9. The Kier molecular flexibility index (Phi) is 3.80. The standard InChI is InChI=1S/C13H15N3O3S/c1-9-7-10(3-4-12(9)19-2)16-20(17,18)13-8-15-6-5-11(13)14/h3-8,16H,1-2H3,(H2,14,15). The van der Waals surface area contributed by atoms with Crippen molar-refractivity contribution in [2.45, 2.75) is 11.8 Å². The van der Waals surface area contributed by atoms with Crippen molar-refractivity contribution in [2.24, 2.45) is 0 Å². The molecular formula is C13H15N3O3S. The summed E-state index contributed by atoms with van der Waals surface area (Å²) in [6.07, 6.45) is 2.65. The van der Waals surface area contributed by atoms with E-state index in [1.807, 2.05) is 6.92 Å². The first kappa shape index (κ1) is 14.1. The monoisotopic (exact) mass is 293 g/mol. The first-order valence-corrected chi connectivity index (χ1v) is 7.29. The number of rotatable bonds is 4. The summed E-state index contributed by atoms with van der Waals surface area (Å²) < 4.78 is 32.0. The minimum atomic E-state index is -3.76. The molecule has 2 rings (SSSR count). The van der Waals surface area contributed by atoms with Crippen LogP contribution in [0.1, 0.15) is 5.56 Å². The number of ether oxygens (including phenoxy) is 1. The molecule has 0 atom stereocenters. The van der Waals surface area contributed by atoms with E-state index in [4.69, 9.17) is 10.5 Å². The number of aryl methyl sites for hydroxylation is 1. The molecular weight excluding hydrogens is 278 g/mol. The Hall–Kier alpha value is -2.28. The van der Waals surface area contributed by atoms with Crippen LogP contribution >= 0.6 is 0 Å². The molecule has 0 fully saturated rings. The van der Waals surface area contributed by atoms with Gasteiger partial charge in [0.25, 0.3) is 10.0 Å². The fourth-order valence-corrected chi connectivity index (χ4v) is 2.89. The third kappa shape index (κ3) is 2.83. The summed E-state index contributed by atoms with van der Waals surface area (Å²) in [5.74, 6) is 0.689. The number of sulfonamides is 1. The Bertz CT molecular complexity index is 729. The van der Waals surface area contributed by atoms with E-state index in [9.17, 15) is 8.42 Å². The first-order chi connectivity index (χ1) is 9.44. The summed E-state index contributed by atoms with van der Waals surface area (Å²) in [7, 11) is -2.20. The van der Waals surface area contributed by atoms with Crippen molar-refractivity contribution in [3.05, 3.63) is 42.2 Å². The van der Waals surface area contributed by atoms with Gasteiger partial charge >= 0.3 is 0 Å². The smallest absolute Gasteiger partial charge is 0.265 e. The minimum absolute atomic E-state index is 0.0477. The number of nitrogens with zero attached hydrogens (tertiary/aromatic N) is 1. The SMILES string of the molecule is COc1ccc(NS(=O)(=O)c2cnccc2N)cc1C. The maximum Gasteiger partial charge on any atom is 0.265 e. The molecule has 1 aromatic heterocycles. The summed E-state index contributed by atoms with van der Waals surface area (Å²) in [6, 6.07) is 6.44. The Morgan fingerprint density at radius 3 is 2.65 bits per heavy atom. The van der Waals surface area contributed by atoms with Gasteiger partial charge in [0.05, 0.1) is 12.8 Å². The molecule has 0 saturated carbocycles. The van der Waals surface area contributed by atoms with Crippen LogP contribution in [0.2, 0.25) is 0 Å². The van der Waals surface area contributed by atoms with Gasteiger partial charge in [-0.3, -0.25) is 9.71 Å². The number of methoxy groups -OCH3 is 1. The molecule has 0 aliphatic carbocycles. The van der Waals surface area contributed by atoms with Gasteiger partial charge in [0, 0.05) is 18.1 Å². The lowest BCUT2D eigenvalue weighted by Gasteiger charge is -2.11. The van der Waals surface area contributed by atoms with E-state index in [0.717, 1.165) is 5.56 Å². The van der Waals surface area contributed by atoms with Gasteiger partial charge in [0.15, 0.2) is 0 Å². The van der Waals surface area contributed by atoms with Crippen LogP contribution in [-0.2, 0) is 10.0 Å². The molecule has 3 N–H and O–H groups in total. The van der Waals surface area contributed by atoms with E-state index < -0.39 is 10.0 Å². The maximum absolute atomic E-state index is 12.2. The predicted molar refractivity (Wildman–Crippen MR) is 77.2 cm³/mol. The highest BCUT2D eigenvalue weighted by Gasteiger charge is 2.18. The third-order valence-corrected chi connectivity index (χ3v) is 4.18. The summed E-state index contributed by atoms with van der Waals surface area (Å²) in [5, 5.41) is 0. The van der Waals surface area contributed by atoms with Gasteiger partial charge in [-0.2, -0.15) is 0 Å². The first-order valence-electron chi connectivity index (χ1n) is 5.81. The highest BCUT2D eigenvalue weighted by Crippen LogP contribution is 2.24. The number of nitrogens with two attached hydrogens (primary N) is 1. The van der Waals surface area contributed by atoms with Crippen molar-refractivity contribution in [3.8, 4) is 5.75 Å². The van der Waals surface area contributed by atoms with Crippen molar-refractivity contribution in [1.82, 2.24) is 4.98 Å². The van der Waals surface area contributed by atoms with Gasteiger partial charge in [-0.25, -0.2) is 8.42 Å². The van der Waals surface area contributed by atoms with Gasteiger partial charge in [-0.15, -0.1) is 0 Å². The molecule has 0 saturated heterocycles. The fraction of sp³-hybridized carbons (Fsp3) is 0.154. The number of nitrogens with one attached hydrogen (secondary N) is 1. The number of anilines is 2. The molecule has 106 valence electrons. The Morgan fingerprint density at radius 2 is 2.05 bits per heavy atom. The maximum atomic E-state index is 12.2. The summed E-state index contributed by atoms with van der Waals surface area (Å²) in [5.41, 5.74) is 7.07. The number of nitrogen functional groups attached to an aromatic ring is 1. The van der Waals surface area contributed by atoms with Crippen molar-refractivity contribution < 1.29 is 13.2 Å². The second-order valence-corrected chi connectivity index (χ2v) is 5.85. The van der Waals surface area contributed by atoms with Crippen molar-refractivity contribution in [1.29, 1.82) is 0 Å². The molecule has 0 aliphatic heterocycles. The van der Waals surface area contributed by atoms with Gasteiger partial charge in [-0.05, 0) is 36.8 Å². The van der Waals surface area contributed by atoms with Crippen LogP contribution in [-0.4, -0.2) is 20.5 Å². The topological polar surface area (TPSA) is 94.3 Å². The van der Waals surface area contributed by atoms with Crippen molar-refractivity contribution >= 4 is 21.4 Å². The quantitative estimate of drug-likeness (QED) is 0.896. The second kappa shape index (κ2) is 5.38. The summed E-state index contributed by atoms with van der Waals surface area (Å²) in [6.45, 7) is 1.83. The molecule has 0 aliphatic rings. The van der Waals surface area contributed by atoms with E-state index in [2.05, 4.69) is 9.71 Å². The number of benzene rings is 1. The zero-order valence-electron chi connectivity index (χ0n) is 11.1. The Morgan fingerprint density at radius 1 is 1.30 bits per heavy atom. The van der Waals surface area contributed by atoms with E-state index >= 15 is 0 Å². The van der Waals surface area contributed by atoms with E-state index in [-0.39, 0.29) is 10.6 Å². The highest BCUT2D eigenvalue weighted by atomic mass is 32.2. The molecule has 0 unspecified atom stereocenters. The second-order valence-electron chi connectivity index (χ2n) is 4.20. The summed E-state index contributed by atoms with van der Waals surface area (Å²) >= 11 is 0. The fourth-order valence-electron chi connectivity index (χ4n) is 1.77. The van der Waals surface area contributed by atoms with Crippen LogP contribution in [0, 0.1) is 6.92 Å². The molecule has 7 heteroatoms. The van der Waals surface area contributed by atoms with Gasteiger partial charge in [-0.1, -0.05) is 0 Å². The normalized spacial score (nSPS) is 11.1. The predicted octanol–water partition coefficient (Wildman–Crippen LogP) is 1.78. The molecule has 0 amide bonds. The van der Waals surface area contributed by atoms with Gasteiger partial charge in [0.2, 0.25) is 0 Å². The molecule has 20 heavy (non-hydrogen) atoms. The van der Waals surface area contributed by atoms with E-state index in [0.29, 0.717) is 11.4 Å². The number of hydrogen-bond acceptors (Lipinski definition) is 5. The molecule has 1 heterocycles. The molecule has 6 nitrogen and oxygen atoms in total. The molecule has 0 spiro atoms. The van der Waals surface area contributed by atoms with E-state index in [1.54, 1.807) is 25.3 Å². The lowest BCUT2D eigenvalue weighted by Crippen LogP contribution is -2.15. The van der Waals surface area contributed by atoms with Crippen LogP contribution < -0.4 is 15.2 Å². The lowest BCUT2D eigenvalue weighted by molar-refractivity contribution is 0.412. The molecule has 1 aromatic carbocycles.